The number of rotatable bonds is 7. The van der Waals surface area contributed by atoms with E-state index in [9.17, 15) is 4.79 Å². The zero-order chi connectivity index (χ0) is 14.4. The molecule has 8 heteroatoms. The van der Waals surface area contributed by atoms with Crippen molar-refractivity contribution in [2.75, 3.05) is 19.7 Å². The molecule has 8 nitrogen and oxygen atoms in total. The summed E-state index contributed by atoms with van der Waals surface area (Å²) >= 11 is 0. The van der Waals surface area contributed by atoms with E-state index < -0.39 is 5.91 Å². The van der Waals surface area contributed by atoms with Crippen molar-refractivity contribution in [3.05, 3.63) is 11.9 Å². The molecule has 1 aromatic rings. The molecule has 4 N–H and O–H groups in total. The molecule has 1 saturated heterocycles. The van der Waals surface area contributed by atoms with Gasteiger partial charge in [0.05, 0.1) is 12.7 Å². The SMILES string of the molecule is NNC(=O)c1cn(CCN2CCCC2CCCO)nn1. The van der Waals surface area contributed by atoms with Gasteiger partial charge in [-0.3, -0.25) is 19.8 Å². The minimum atomic E-state index is -0.432. The topological polar surface area (TPSA) is 109 Å². The molecule has 1 unspecified atom stereocenters. The van der Waals surface area contributed by atoms with Gasteiger partial charge in [-0.05, 0) is 32.2 Å². The van der Waals surface area contributed by atoms with Crippen molar-refractivity contribution < 1.29 is 9.90 Å². The van der Waals surface area contributed by atoms with Gasteiger partial charge in [-0.25, -0.2) is 5.84 Å². The number of aliphatic hydroxyl groups excluding tert-OH is 1. The van der Waals surface area contributed by atoms with Crippen LogP contribution in [0.15, 0.2) is 6.20 Å². The highest BCUT2D eigenvalue weighted by atomic mass is 16.3. The zero-order valence-corrected chi connectivity index (χ0v) is 11.5. The Hall–Kier alpha value is -1.51. The highest BCUT2D eigenvalue weighted by Crippen LogP contribution is 2.20. The van der Waals surface area contributed by atoms with Crippen LogP contribution in [0.4, 0.5) is 0 Å². The minimum Gasteiger partial charge on any atom is -0.396 e. The molecule has 1 fully saturated rings. The largest absolute Gasteiger partial charge is 0.396 e. The number of carbonyl (C=O) groups is 1. The van der Waals surface area contributed by atoms with Crippen molar-refractivity contribution in [3.8, 4) is 0 Å². The van der Waals surface area contributed by atoms with Crippen LogP contribution in [0, 0.1) is 0 Å². The second-order valence-electron chi connectivity index (χ2n) is 5.04. The quantitative estimate of drug-likeness (QED) is 0.340. The fourth-order valence-corrected chi connectivity index (χ4v) is 2.66. The van der Waals surface area contributed by atoms with Crippen molar-refractivity contribution in [2.45, 2.75) is 38.3 Å². The average molecular weight is 282 g/mol. The van der Waals surface area contributed by atoms with E-state index in [4.69, 9.17) is 10.9 Å². The number of hydrogen-bond acceptors (Lipinski definition) is 6. The van der Waals surface area contributed by atoms with E-state index in [1.54, 1.807) is 10.9 Å². The molecule has 0 aromatic carbocycles. The molecule has 112 valence electrons. The summed E-state index contributed by atoms with van der Waals surface area (Å²) in [5.74, 6) is 4.61. The number of carbonyl (C=O) groups excluding carboxylic acids is 1. The van der Waals surface area contributed by atoms with Crippen LogP contribution in [0.25, 0.3) is 0 Å². The maximum atomic E-state index is 11.3. The van der Waals surface area contributed by atoms with Gasteiger partial charge in [0.2, 0.25) is 0 Å². The molecule has 2 heterocycles. The fourth-order valence-electron chi connectivity index (χ4n) is 2.66. The molecule has 1 atom stereocenters. The van der Waals surface area contributed by atoms with Gasteiger partial charge in [-0.2, -0.15) is 0 Å². The Morgan fingerprint density at radius 3 is 3.15 bits per heavy atom. The fraction of sp³-hybridized carbons (Fsp3) is 0.750. The predicted octanol–water partition coefficient (Wildman–Crippen LogP) is -0.881. The maximum absolute atomic E-state index is 11.3. The van der Waals surface area contributed by atoms with Crippen LogP contribution in [0.2, 0.25) is 0 Å². The lowest BCUT2D eigenvalue weighted by atomic mass is 10.1. The molecule has 1 aromatic heterocycles. The summed E-state index contributed by atoms with van der Waals surface area (Å²) in [6.07, 6.45) is 5.88. The summed E-state index contributed by atoms with van der Waals surface area (Å²) in [5, 5.41) is 16.6. The molecule has 0 spiro atoms. The third-order valence-corrected chi connectivity index (χ3v) is 3.71. The van der Waals surface area contributed by atoms with Crippen LogP contribution >= 0.6 is 0 Å². The first-order chi connectivity index (χ1) is 9.74. The van der Waals surface area contributed by atoms with E-state index in [-0.39, 0.29) is 12.3 Å². The van der Waals surface area contributed by atoms with Crippen molar-refractivity contribution in [3.63, 3.8) is 0 Å². The number of nitrogens with one attached hydrogen (secondary N) is 1. The number of likely N-dealkylation sites (tertiary alicyclic amines) is 1. The van der Waals surface area contributed by atoms with Crippen molar-refractivity contribution in [1.82, 2.24) is 25.3 Å². The van der Waals surface area contributed by atoms with Crippen LogP contribution < -0.4 is 11.3 Å². The summed E-state index contributed by atoms with van der Waals surface area (Å²) in [6, 6.07) is 0.553. The van der Waals surface area contributed by atoms with Crippen molar-refractivity contribution in [1.29, 1.82) is 0 Å². The second kappa shape index (κ2) is 7.32. The number of hydrazine groups is 1. The molecular weight excluding hydrogens is 260 g/mol. The Kier molecular flexibility index (Phi) is 5.45. The lowest BCUT2D eigenvalue weighted by molar-refractivity contribution is 0.0948. The van der Waals surface area contributed by atoms with Crippen LogP contribution in [0.1, 0.15) is 36.2 Å². The number of amides is 1. The van der Waals surface area contributed by atoms with E-state index in [0.717, 1.165) is 25.9 Å². The van der Waals surface area contributed by atoms with Crippen molar-refractivity contribution >= 4 is 5.91 Å². The Morgan fingerprint density at radius 1 is 1.55 bits per heavy atom. The highest BCUT2D eigenvalue weighted by molar-refractivity contribution is 5.91. The molecule has 0 radical (unpaired) electrons. The summed E-state index contributed by atoms with van der Waals surface area (Å²) in [6.45, 7) is 2.91. The Morgan fingerprint density at radius 2 is 2.40 bits per heavy atom. The first kappa shape index (κ1) is 14.9. The van der Waals surface area contributed by atoms with Crippen molar-refractivity contribution in [2.24, 2.45) is 5.84 Å². The summed E-state index contributed by atoms with van der Waals surface area (Å²) in [5.41, 5.74) is 2.26. The molecular formula is C12H22N6O2. The van der Waals surface area contributed by atoms with E-state index in [0.29, 0.717) is 12.6 Å². The number of hydrogen-bond donors (Lipinski definition) is 3. The summed E-state index contributed by atoms with van der Waals surface area (Å²) in [7, 11) is 0. The Balaban J connectivity index is 1.82. The Bertz CT molecular complexity index is 435. The number of nitrogens with zero attached hydrogens (tertiary/aromatic N) is 4. The van der Waals surface area contributed by atoms with Crippen LogP contribution in [-0.4, -0.2) is 56.6 Å². The van der Waals surface area contributed by atoms with E-state index in [1.165, 1.54) is 12.8 Å². The number of aliphatic hydroxyl groups is 1. The molecule has 0 bridgehead atoms. The zero-order valence-electron chi connectivity index (χ0n) is 11.5. The third kappa shape index (κ3) is 3.75. The number of nitrogens with two attached hydrogens (primary N) is 1. The molecule has 1 aliphatic heterocycles. The van der Waals surface area contributed by atoms with Gasteiger partial charge in [-0.1, -0.05) is 5.21 Å². The van der Waals surface area contributed by atoms with Gasteiger partial charge in [-0.15, -0.1) is 5.10 Å². The van der Waals surface area contributed by atoms with Gasteiger partial charge in [0.25, 0.3) is 5.91 Å². The summed E-state index contributed by atoms with van der Waals surface area (Å²) in [4.78, 5) is 13.7. The first-order valence-corrected chi connectivity index (χ1v) is 7.00. The molecule has 0 aliphatic carbocycles. The predicted molar refractivity (Wildman–Crippen MR) is 72.6 cm³/mol. The smallest absolute Gasteiger partial charge is 0.287 e. The molecule has 2 rings (SSSR count). The maximum Gasteiger partial charge on any atom is 0.287 e. The lowest BCUT2D eigenvalue weighted by Gasteiger charge is -2.23. The van der Waals surface area contributed by atoms with Crippen LogP contribution in [0.5, 0.6) is 0 Å². The van der Waals surface area contributed by atoms with Gasteiger partial charge in [0, 0.05) is 19.2 Å². The van der Waals surface area contributed by atoms with Gasteiger partial charge in [0.1, 0.15) is 0 Å². The van der Waals surface area contributed by atoms with Crippen LogP contribution in [0.3, 0.4) is 0 Å². The molecule has 0 saturated carbocycles. The monoisotopic (exact) mass is 282 g/mol. The normalized spacial score (nSPS) is 19.4. The van der Waals surface area contributed by atoms with Gasteiger partial charge >= 0.3 is 0 Å². The lowest BCUT2D eigenvalue weighted by Crippen LogP contribution is -2.32. The van der Waals surface area contributed by atoms with E-state index in [2.05, 4.69) is 15.2 Å². The molecule has 1 aliphatic rings. The average Bonchev–Trinajstić information content (AvgIpc) is 3.11. The first-order valence-electron chi connectivity index (χ1n) is 7.00. The minimum absolute atomic E-state index is 0.228. The van der Waals surface area contributed by atoms with E-state index in [1.807, 2.05) is 5.43 Å². The number of nitrogen functional groups attached to an aromatic ring is 1. The summed E-state index contributed by atoms with van der Waals surface area (Å²) < 4.78 is 1.66. The second-order valence-corrected chi connectivity index (χ2v) is 5.04. The number of aromatic nitrogens is 3. The standard InChI is InChI=1S/C12H22N6O2/c13-14-12(20)11-9-18(16-15-11)7-6-17-5-1-3-10(17)4-2-8-19/h9-10,19H,1-8,13H2,(H,14,20). The van der Waals surface area contributed by atoms with Gasteiger partial charge < -0.3 is 5.11 Å². The van der Waals surface area contributed by atoms with E-state index >= 15 is 0 Å². The molecule has 1 amide bonds. The third-order valence-electron chi connectivity index (χ3n) is 3.71. The van der Waals surface area contributed by atoms with Gasteiger partial charge in [0.15, 0.2) is 5.69 Å². The highest BCUT2D eigenvalue weighted by Gasteiger charge is 2.23. The Labute approximate surface area is 117 Å². The molecule has 20 heavy (non-hydrogen) atoms. The van der Waals surface area contributed by atoms with Crippen LogP contribution in [-0.2, 0) is 6.54 Å².